The topological polar surface area (TPSA) is 64.6 Å². The number of halogens is 1. The first kappa shape index (κ1) is 17.5. The number of carbonyl (C=O) groups excluding carboxylic acids is 2. The van der Waals surface area contributed by atoms with E-state index >= 15 is 0 Å². The predicted molar refractivity (Wildman–Crippen MR) is 87.5 cm³/mol. The second-order valence-corrected chi connectivity index (χ2v) is 5.03. The number of hydrogen-bond acceptors (Lipinski definition) is 4. The highest BCUT2D eigenvalue weighted by Crippen LogP contribution is 2.17. The Hall–Kier alpha value is -2.89. The molecule has 2 aromatic carbocycles. The number of carbonyl (C=O) groups is 2. The fourth-order valence-electron chi connectivity index (χ4n) is 2.06. The number of hydrogen-bond donors (Lipinski definition) is 1. The number of ether oxygens (including phenoxy) is 2. The van der Waals surface area contributed by atoms with Crippen molar-refractivity contribution < 1.29 is 23.5 Å². The molecule has 0 fully saturated rings. The Morgan fingerprint density at radius 1 is 1.17 bits per heavy atom. The molecule has 0 saturated heterocycles. The first-order chi connectivity index (χ1) is 11.5. The maximum absolute atomic E-state index is 12.9. The van der Waals surface area contributed by atoms with Crippen molar-refractivity contribution in [2.24, 2.45) is 0 Å². The third-order valence-electron chi connectivity index (χ3n) is 3.31. The lowest BCUT2D eigenvalue weighted by Crippen LogP contribution is -2.32. The third kappa shape index (κ3) is 4.55. The molecular formula is C18H18FNO4. The molecule has 0 bridgehead atoms. The van der Waals surface area contributed by atoms with Gasteiger partial charge in [-0.05, 0) is 48.9 Å². The molecule has 0 aromatic heterocycles. The van der Waals surface area contributed by atoms with Crippen LogP contribution < -0.4 is 10.1 Å². The van der Waals surface area contributed by atoms with Crippen LogP contribution in [0.2, 0.25) is 0 Å². The highest BCUT2D eigenvalue weighted by atomic mass is 19.1. The molecule has 0 aliphatic rings. The van der Waals surface area contributed by atoms with E-state index in [0.717, 1.165) is 0 Å². The van der Waals surface area contributed by atoms with Crippen molar-refractivity contribution in [3.63, 3.8) is 0 Å². The normalized spacial score (nSPS) is 11.5. The number of esters is 1. The SMILES string of the molecule is CCC(Oc1ccc(F)cc1)C(=O)Nc1cccc(C(=O)OC)c1. The summed E-state index contributed by atoms with van der Waals surface area (Å²) in [6, 6.07) is 11.9. The number of benzene rings is 2. The number of nitrogens with one attached hydrogen (secondary N) is 1. The molecule has 24 heavy (non-hydrogen) atoms. The van der Waals surface area contributed by atoms with Crippen LogP contribution in [0.25, 0.3) is 0 Å². The molecule has 0 saturated carbocycles. The summed E-state index contributed by atoms with van der Waals surface area (Å²) in [7, 11) is 1.29. The van der Waals surface area contributed by atoms with E-state index in [0.29, 0.717) is 23.4 Å². The van der Waals surface area contributed by atoms with Crippen molar-refractivity contribution in [1.82, 2.24) is 0 Å². The average molecular weight is 331 g/mol. The average Bonchev–Trinajstić information content (AvgIpc) is 2.60. The van der Waals surface area contributed by atoms with Crippen molar-refractivity contribution in [3.05, 3.63) is 59.9 Å². The van der Waals surface area contributed by atoms with Gasteiger partial charge in [-0.3, -0.25) is 4.79 Å². The van der Waals surface area contributed by atoms with Crippen LogP contribution in [-0.2, 0) is 9.53 Å². The third-order valence-corrected chi connectivity index (χ3v) is 3.31. The van der Waals surface area contributed by atoms with Gasteiger partial charge in [-0.1, -0.05) is 13.0 Å². The molecule has 126 valence electrons. The van der Waals surface area contributed by atoms with Gasteiger partial charge in [0, 0.05) is 5.69 Å². The van der Waals surface area contributed by atoms with Crippen LogP contribution in [0, 0.1) is 5.82 Å². The molecule has 0 aliphatic heterocycles. The molecule has 1 amide bonds. The fraction of sp³-hybridized carbons (Fsp3) is 0.222. The summed E-state index contributed by atoms with van der Waals surface area (Å²) < 4.78 is 23.1. The fourth-order valence-corrected chi connectivity index (χ4v) is 2.06. The van der Waals surface area contributed by atoms with Gasteiger partial charge in [-0.25, -0.2) is 9.18 Å². The van der Waals surface area contributed by atoms with Crippen LogP contribution in [0.1, 0.15) is 23.7 Å². The van der Waals surface area contributed by atoms with Gasteiger partial charge in [-0.2, -0.15) is 0 Å². The summed E-state index contributed by atoms with van der Waals surface area (Å²) >= 11 is 0. The van der Waals surface area contributed by atoms with E-state index in [1.807, 2.05) is 0 Å². The number of methoxy groups -OCH3 is 1. The molecule has 1 atom stereocenters. The summed E-state index contributed by atoms with van der Waals surface area (Å²) in [6.07, 6.45) is -0.308. The highest BCUT2D eigenvalue weighted by Gasteiger charge is 2.19. The van der Waals surface area contributed by atoms with Crippen molar-refractivity contribution >= 4 is 17.6 Å². The van der Waals surface area contributed by atoms with Gasteiger partial charge in [0.2, 0.25) is 0 Å². The van der Waals surface area contributed by atoms with Crippen molar-refractivity contribution in [2.45, 2.75) is 19.4 Å². The van der Waals surface area contributed by atoms with Gasteiger partial charge in [0.1, 0.15) is 11.6 Å². The zero-order chi connectivity index (χ0) is 17.5. The predicted octanol–water partition coefficient (Wildman–Crippen LogP) is 3.41. The molecule has 0 spiro atoms. The molecule has 1 N–H and O–H groups in total. The van der Waals surface area contributed by atoms with Gasteiger partial charge in [-0.15, -0.1) is 0 Å². The summed E-state index contributed by atoms with van der Waals surface area (Å²) in [4.78, 5) is 23.9. The van der Waals surface area contributed by atoms with Crippen LogP contribution in [0.3, 0.4) is 0 Å². The van der Waals surface area contributed by atoms with E-state index in [-0.39, 0.29) is 11.7 Å². The molecule has 0 aliphatic carbocycles. The summed E-state index contributed by atoms with van der Waals surface area (Å²) in [5, 5.41) is 2.70. The molecule has 2 aromatic rings. The quantitative estimate of drug-likeness (QED) is 0.824. The van der Waals surface area contributed by atoms with Gasteiger partial charge in [0.25, 0.3) is 5.91 Å². The smallest absolute Gasteiger partial charge is 0.337 e. The van der Waals surface area contributed by atoms with Crippen molar-refractivity contribution in [1.29, 1.82) is 0 Å². The first-order valence-corrected chi connectivity index (χ1v) is 7.45. The van der Waals surface area contributed by atoms with Crippen LogP contribution in [0.5, 0.6) is 5.75 Å². The number of amides is 1. The van der Waals surface area contributed by atoms with E-state index in [1.54, 1.807) is 25.1 Å². The molecule has 6 heteroatoms. The van der Waals surface area contributed by atoms with E-state index < -0.39 is 12.1 Å². The lowest BCUT2D eigenvalue weighted by Gasteiger charge is -2.17. The Morgan fingerprint density at radius 2 is 1.88 bits per heavy atom. The van der Waals surface area contributed by atoms with Gasteiger partial charge in [0.15, 0.2) is 6.10 Å². The van der Waals surface area contributed by atoms with E-state index in [4.69, 9.17) is 4.74 Å². The van der Waals surface area contributed by atoms with Gasteiger partial charge >= 0.3 is 5.97 Å². The van der Waals surface area contributed by atoms with Crippen molar-refractivity contribution in [3.8, 4) is 5.75 Å². The van der Waals surface area contributed by atoms with Crippen LogP contribution in [0.15, 0.2) is 48.5 Å². The maximum atomic E-state index is 12.9. The Kier molecular flexibility index (Phi) is 5.89. The number of rotatable bonds is 6. The lowest BCUT2D eigenvalue weighted by atomic mass is 10.2. The summed E-state index contributed by atoms with van der Waals surface area (Å²) in [6.45, 7) is 1.80. The molecule has 5 nitrogen and oxygen atoms in total. The Morgan fingerprint density at radius 3 is 2.50 bits per heavy atom. The van der Waals surface area contributed by atoms with Crippen LogP contribution in [-0.4, -0.2) is 25.1 Å². The highest BCUT2D eigenvalue weighted by molar-refractivity contribution is 5.96. The Bertz CT molecular complexity index is 715. The summed E-state index contributed by atoms with van der Waals surface area (Å²) in [5.74, 6) is -0.814. The van der Waals surface area contributed by atoms with Gasteiger partial charge < -0.3 is 14.8 Å². The Labute approximate surface area is 139 Å². The van der Waals surface area contributed by atoms with Crippen LogP contribution in [0.4, 0.5) is 10.1 Å². The largest absolute Gasteiger partial charge is 0.481 e. The van der Waals surface area contributed by atoms with E-state index in [2.05, 4.69) is 10.1 Å². The monoisotopic (exact) mass is 331 g/mol. The molecule has 1 unspecified atom stereocenters. The first-order valence-electron chi connectivity index (χ1n) is 7.45. The molecule has 0 heterocycles. The standard InChI is InChI=1S/C18H18FNO4/c1-3-16(24-15-9-7-13(19)8-10-15)17(21)20-14-6-4-5-12(11-14)18(22)23-2/h4-11,16H,3H2,1-2H3,(H,20,21). The minimum Gasteiger partial charge on any atom is -0.481 e. The van der Waals surface area contributed by atoms with Gasteiger partial charge in [0.05, 0.1) is 12.7 Å². The Balaban J connectivity index is 2.06. The summed E-state index contributed by atoms with van der Waals surface area (Å²) in [5.41, 5.74) is 0.798. The zero-order valence-electron chi connectivity index (χ0n) is 13.4. The second-order valence-electron chi connectivity index (χ2n) is 5.03. The minimum absolute atomic E-state index is 0.336. The van der Waals surface area contributed by atoms with Crippen molar-refractivity contribution in [2.75, 3.05) is 12.4 Å². The van der Waals surface area contributed by atoms with Crippen LogP contribution >= 0.6 is 0 Å². The minimum atomic E-state index is -0.739. The van der Waals surface area contributed by atoms with E-state index in [9.17, 15) is 14.0 Å². The van der Waals surface area contributed by atoms with E-state index in [1.165, 1.54) is 37.4 Å². The second kappa shape index (κ2) is 8.10. The molecule has 0 radical (unpaired) electrons. The molecule has 2 rings (SSSR count). The molecular weight excluding hydrogens is 313 g/mol. The number of anilines is 1. The maximum Gasteiger partial charge on any atom is 0.337 e. The zero-order valence-corrected chi connectivity index (χ0v) is 13.4. The lowest BCUT2D eigenvalue weighted by molar-refractivity contribution is -0.122.